The Labute approximate surface area is 123 Å². The van der Waals surface area contributed by atoms with Crippen LogP contribution in [0.1, 0.15) is 77.0 Å². The zero-order valence-corrected chi connectivity index (χ0v) is 12.9. The number of carbonyl (C=O) groups is 2. The number of esters is 1. The summed E-state index contributed by atoms with van der Waals surface area (Å²) in [4.78, 5) is 20.9. The zero-order valence-electron chi connectivity index (χ0n) is 12.9. The van der Waals surface area contributed by atoms with Gasteiger partial charge in [-0.2, -0.15) is 0 Å². The molecular weight excluding hydrogens is 252 g/mol. The molecule has 20 heavy (non-hydrogen) atoms. The van der Waals surface area contributed by atoms with Crippen LogP contribution in [0, 0.1) is 0 Å². The Bertz CT molecular complexity index is 259. The summed E-state index contributed by atoms with van der Waals surface area (Å²) in [6, 6.07) is 0. The predicted octanol–water partition coefficient (Wildman–Crippen LogP) is 4.60. The van der Waals surface area contributed by atoms with Crippen molar-refractivity contribution in [3.63, 3.8) is 0 Å². The van der Waals surface area contributed by atoms with Crippen LogP contribution in [-0.4, -0.2) is 19.4 Å². The monoisotopic (exact) mass is 282 g/mol. The summed E-state index contributed by atoms with van der Waals surface area (Å²) >= 11 is 0. The first-order chi connectivity index (χ1) is 9.81. The summed E-state index contributed by atoms with van der Waals surface area (Å²) < 4.78 is 4.52. The molecular formula is C17H30O3. The smallest absolute Gasteiger partial charge is 0.330 e. The Morgan fingerprint density at radius 1 is 0.800 bits per heavy atom. The third-order valence-corrected chi connectivity index (χ3v) is 3.40. The Morgan fingerprint density at radius 2 is 1.25 bits per heavy atom. The van der Waals surface area contributed by atoms with Crippen molar-refractivity contribution in [1.82, 2.24) is 0 Å². The molecule has 116 valence electrons. The molecule has 0 amide bonds. The van der Waals surface area contributed by atoms with E-state index < -0.39 is 0 Å². The lowest BCUT2D eigenvalue weighted by Crippen LogP contribution is -1.93. The van der Waals surface area contributed by atoms with E-state index >= 15 is 0 Å². The zero-order chi connectivity index (χ0) is 14.9. The van der Waals surface area contributed by atoms with Crippen LogP contribution in [0.5, 0.6) is 0 Å². The first-order valence-corrected chi connectivity index (χ1v) is 7.99. The second-order valence-electron chi connectivity index (χ2n) is 5.21. The summed E-state index contributed by atoms with van der Waals surface area (Å²) in [6.45, 7) is 0. The minimum absolute atomic E-state index is 0.266. The van der Waals surface area contributed by atoms with E-state index in [0.717, 1.165) is 32.0 Å². The number of aldehydes is 1. The molecule has 0 aromatic carbocycles. The van der Waals surface area contributed by atoms with Gasteiger partial charge in [-0.05, 0) is 19.3 Å². The summed E-state index contributed by atoms with van der Waals surface area (Å²) in [5.74, 6) is -0.266. The van der Waals surface area contributed by atoms with E-state index in [2.05, 4.69) is 4.74 Å². The molecule has 0 aliphatic heterocycles. The lowest BCUT2D eigenvalue weighted by atomic mass is 10.1. The van der Waals surface area contributed by atoms with Gasteiger partial charge in [0.25, 0.3) is 0 Å². The van der Waals surface area contributed by atoms with E-state index in [-0.39, 0.29) is 5.97 Å². The van der Waals surface area contributed by atoms with Gasteiger partial charge in [0.15, 0.2) is 0 Å². The number of carbonyl (C=O) groups excluding carboxylic acids is 2. The van der Waals surface area contributed by atoms with Crippen LogP contribution in [0.4, 0.5) is 0 Å². The number of hydrogen-bond acceptors (Lipinski definition) is 3. The third kappa shape index (κ3) is 14.9. The van der Waals surface area contributed by atoms with Gasteiger partial charge in [-0.15, -0.1) is 0 Å². The Hall–Kier alpha value is -1.12. The standard InChI is InChI=1S/C17H30O3/c1-20-17(19)15-13-11-9-7-5-3-2-4-6-8-10-12-14-16-18/h13,15-16H,2-12,14H2,1H3. The third-order valence-electron chi connectivity index (χ3n) is 3.40. The molecule has 0 aromatic heterocycles. The van der Waals surface area contributed by atoms with E-state index in [4.69, 9.17) is 0 Å². The molecule has 0 aliphatic rings. The molecule has 0 fully saturated rings. The van der Waals surface area contributed by atoms with Gasteiger partial charge in [-0.25, -0.2) is 4.79 Å². The molecule has 0 aromatic rings. The maximum Gasteiger partial charge on any atom is 0.330 e. The number of rotatable bonds is 14. The van der Waals surface area contributed by atoms with Crippen molar-refractivity contribution in [2.45, 2.75) is 77.0 Å². The normalized spacial score (nSPS) is 10.8. The molecule has 3 nitrogen and oxygen atoms in total. The summed E-state index contributed by atoms with van der Waals surface area (Å²) in [5.41, 5.74) is 0. The van der Waals surface area contributed by atoms with E-state index in [0.29, 0.717) is 0 Å². The first kappa shape index (κ1) is 18.9. The number of allylic oxidation sites excluding steroid dienone is 1. The first-order valence-electron chi connectivity index (χ1n) is 7.99. The molecule has 0 heterocycles. The van der Waals surface area contributed by atoms with Crippen molar-refractivity contribution in [3.05, 3.63) is 12.2 Å². The average Bonchev–Trinajstić information content (AvgIpc) is 2.47. The molecule has 0 N–H and O–H groups in total. The molecule has 0 unspecified atom stereocenters. The quantitative estimate of drug-likeness (QED) is 0.202. The lowest BCUT2D eigenvalue weighted by Gasteiger charge is -2.01. The molecule has 0 saturated carbocycles. The minimum Gasteiger partial charge on any atom is -0.466 e. The van der Waals surface area contributed by atoms with E-state index in [1.54, 1.807) is 0 Å². The molecule has 0 aliphatic carbocycles. The van der Waals surface area contributed by atoms with Crippen molar-refractivity contribution < 1.29 is 14.3 Å². The fourth-order valence-electron chi connectivity index (χ4n) is 2.15. The fourth-order valence-corrected chi connectivity index (χ4v) is 2.15. The molecule has 0 saturated heterocycles. The van der Waals surface area contributed by atoms with Gasteiger partial charge in [0, 0.05) is 12.5 Å². The van der Waals surface area contributed by atoms with E-state index in [1.165, 1.54) is 64.6 Å². The largest absolute Gasteiger partial charge is 0.466 e. The number of unbranched alkanes of at least 4 members (excludes halogenated alkanes) is 11. The number of methoxy groups -OCH3 is 1. The summed E-state index contributed by atoms with van der Waals surface area (Å²) in [5, 5.41) is 0. The minimum atomic E-state index is -0.266. The average molecular weight is 282 g/mol. The van der Waals surface area contributed by atoms with Crippen LogP contribution < -0.4 is 0 Å². The molecule has 0 rings (SSSR count). The van der Waals surface area contributed by atoms with E-state index in [9.17, 15) is 9.59 Å². The van der Waals surface area contributed by atoms with Crippen LogP contribution >= 0.6 is 0 Å². The van der Waals surface area contributed by atoms with Gasteiger partial charge < -0.3 is 9.53 Å². The molecule has 0 radical (unpaired) electrons. The molecule has 0 spiro atoms. The van der Waals surface area contributed by atoms with Crippen LogP contribution in [0.25, 0.3) is 0 Å². The Morgan fingerprint density at radius 3 is 1.70 bits per heavy atom. The van der Waals surface area contributed by atoms with Crippen molar-refractivity contribution in [2.75, 3.05) is 7.11 Å². The highest BCUT2D eigenvalue weighted by molar-refractivity contribution is 5.81. The lowest BCUT2D eigenvalue weighted by molar-refractivity contribution is -0.134. The Balaban J connectivity index is 3.08. The van der Waals surface area contributed by atoms with Crippen molar-refractivity contribution in [3.8, 4) is 0 Å². The van der Waals surface area contributed by atoms with Gasteiger partial charge in [0.05, 0.1) is 7.11 Å². The highest BCUT2D eigenvalue weighted by Crippen LogP contribution is 2.11. The highest BCUT2D eigenvalue weighted by atomic mass is 16.5. The highest BCUT2D eigenvalue weighted by Gasteiger charge is 1.93. The molecule has 0 bridgehead atoms. The van der Waals surface area contributed by atoms with Crippen molar-refractivity contribution >= 4 is 12.3 Å². The van der Waals surface area contributed by atoms with Crippen molar-refractivity contribution in [1.29, 1.82) is 0 Å². The predicted molar refractivity (Wildman–Crippen MR) is 82.6 cm³/mol. The van der Waals surface area contributed by atoms with E-state index in [1.807, 2.05) is 6.08 Å². The maximum atomic E-state index is 10.8. The van der Waals surface area contributed by atoms with Gasteiger partial charge in [-0.1, -0.05) is 57.4 Å². The second kappa shape index (κ2) is 15.9. The Kier molecular flexibility index (Phi) is 15.0. The second-order valence-corrected chi connectivity index (χ2v) is 5.21. The fraction of sp³-hybridized carbons (Fsp3) is 0.765. The van der Waals surface area contributed by atoms with Crippen LogP contribution in [0.2, 0.25) is 0 Å². The number of hydrogen-bond donors (Lipinski definition) is 0. The topological polar surface area (TPSA) is 43.4 Å². The van der Waals surface area contributed by atoms with Crippen LogP contribution in [-0.2, 0) is 14.3 Å². The van der Waals surface area contributed by atoms with Gasteiger partial charge >= 0.3 is 5.97 Å². The van der Waals surface area contributed by atoms with Crippen LogP contribution in [0.3, 0.4) is 0 Å². The van der Waals surface area contributed by atoms with Gasteiger partial charge in [0.2, 0.25) is 0 Å². The van der Waals surface area contributed by atoms with Gasteiger partial charge in [-0.3, -0.25) is 0 Å². The van der Waals surface area contributed by atoms with Crippen molar-refractivity contribution in [2.24, 2.45) is 0 Å². The van der Waals surface area contributed by atoms with Gasteiger partial charge in [0.1, 0.15) is 6.29 Å². The summed E-state index contributed by atoms with van der Waals surface area (Å²) in [7, 11) is 1.40. The van der Waals surface area contributed by atoms with Crippen LogP contribution in [0.15, 0.2) is 12.2 Å². The molecule has 0 atom stereocenters. The number of ether oxygens (including phenoxy) is 1. The maximum absolute atomic E-state index is 10.8. The summed E-state index contributed by atoms with van der Waals surface area (Å²) in [6.07, 6.45) is 18.6. The molecule has 3 heteroatoms. The SMILES string of the molecule is COC(=O)C=CCCCCCCCCCCCCC=O.